The van der Waals surface area contributed by atoms with E-state index in [2.05, 4.69) is 42.9 Å². The number of carbonyl (C=O) groups is 1. The lowest BCUT2D eigenvalue weighted by atomic mass is 9.92. The Labute approximate surface area is 83.4 Å². The van der Waals surface area contributed by atoms with Crippen LogP contribution in [0.3, 0.4) is 0 Å². The largest absolute Gasteiger partial charge is 0.306 e. The van der Waals surface area contributed by atoms with Gasteiger partial charge in [0.25, 0.3) is 0 Å². The Bertz CT molecular complexity index is 346. The number of hydrogen-bond donors (Lipinski definition) is 2. The lowest BCUT2D eigenvalue weighted by Gasteiger charge is -2.14. The zero-order valence-corrected chi connectivity index (χ0v) is 8.72. The average Bonchev–Trinajstić information content (AvgIpc) is 2.51. The third kappa shape index (κ3) is 2.45. The Hall–Kier alpha value is -1.58. The summed E-state index contributed by atoms with van der Waals surface area (Å²) in [5.74, 6) is 0.275. The van der Waals surface area contributed by atoms with Crippen molar-refractivity contribution in [2.24, 2.45) is 0 Å². The minimum absolute atomic E-state index is 0.00412. The van der Waals surface area contributed by atoms with Gasteiger partial charge in [0.15, 0.2) is 5.82 Å². The van der Waals surface area contributed by atoms with Gasteiger partial charge in [-0.25, -0.2) is 0 Å². The minimum atomic E-state index is -0.253. The van der Waals surface area contributed by atoms with E-state index in [1.807, 2.05) is 6.07 Å². The van der Waals surface area contributed by atoms with Crippen molar-refractivity contribution in [2.75, 3.05) is 5.32 Å². The fourth-order valence-corrected chi connectivity index (χ4v) is 0.947. The summed E-state index contributed by atoms with van der Waals surface area (Å²) in [4.78, 5) is 11.0. The smallest absolute Gasteiger partial charge is 0.248 e. The van der Waals surface area contributed by atoms with Crippen molar-refractivity contribution in [1.82, 2.24) is 10.2 Å². The normalized spacial score (nSPS) is 11.1. The third-order valence-electron chi connectivity index (χ3n) is 1.82. The number of rotatable bonds is 2. The minimum Gasteiger partial charge on any atom is -0.306 e. The van der Waals surface area contributed by atoms with Gasteiger partial charge >= 0.3 is 0 Å². The van der Waals surface area contributed by atoms with Gasteiger partial charge in [0.2, 0.25) is 5.91 Å². The first kappa shape index (κ1) is 10.5. The highest BCUT2D eigenvalue weighted by Crippen LogP contribution is 2.21. The van der Waals surface area contributed by atoms with Crippen LogP contribution in [-0.2, 0) is 10.2 Å². The summed E-state index contributed by atoms with van der Waals surface area (Å²) in [6.07, 6.45) is 1.21. The van der Waals surface area contributed by atoms with Crippen LogP contribution in [0.5, 0.6) is 0 Å². The number of carbonyl (C=O) groups excluding carboxylic acids is 1. The van der Waals surface area contributed by atoms with E-state index >= 15 is 0 Å². The van der Waals surface area contributed by atoms with Crippen LogP contribution < -0.4 is 5.32 Å². The van der Waals surface area contributed by atoms with Gasteiger partial charge in [-0.2, -0.15) is 5.10 Å². The molecule has 1 heterocycles. The van der Waals surface area contributed by atoms with Crippen LogP contribution in [0.2, 0.25) is 0 Å². The molecule has 0 spiro atoms. The third-order valence-corrected chi connectivity index (χ3v) is 1.82. The van der Waals surface area contributed by atoms with Crippen molar-refractivity contribution in [3.63, 3.8) is 0 Å². The van der Waals surface area contributed by atoms with Gasteiger partial charge in [0, 0.05) is 17.2 Å². The van der Waals surface area contributed by atoms with Crippen LogP contribution in [0.25, 0.3) is 0 Å². The first-order valence-corrected chi connectivity index (χ1v) is 4.43. The maximum absolute atomic E-state index is 11.0. The zero-order chi connectivity index (χ0) is 10.8. The summed E-state index contributed by atoms with van der Waals surface area (Å²) in [6.45, 7) is 9.57. The molecule has 76 valence electrons. The molecular weight excluding hydrogens is 178 g/mol. The van der Waals surface area contributed by atoms with Crippen molar-refractivity contribution < 1.29 is 4.79 Å². The van der Waals surface area contributed by atoms with E-state index in [9.17, 15) is 4.79 Å². The summed E-state index contributed by atoms with van der Waals surface area (Å²) < 4.78 is 0. The Morgan fingerprint density at radius 3 is 2.71 bits per heavy atom. The average molecular weight is 193 g/mol. The molecule has 4 heteroatoms. The quantitative estimate of drug-likeness (QED) is 0.704. The molecule has 0 aliphatic rings. The van der Waals surface area contributed by atoms with E-state index < -0.39 is 0 Å². The monoisotopic (exact) mass is 193 g/mol. The highest BCUT2D eigenvalue weighted by atomic mass is 16.1. The molecule has 0 aliphatic heterocycles. The molecule has 4 nitrogen and oxygen atoms in total. The van der Waals surface area contributed by atoms with Gasteiger partial charge in [-0.05, 0) is 6.08 Å². The molecule has 0 aliphatic carbocycles. The number of nitrogens with zero attached hydrogens (tertiary/aromatic N) is 1. The first-order chi connectivity index (χ1) is 6.43. The summed E-state index contributed by atoms with van der Waals surface area (Å²) >= 11 is 0. The van der Waals surface area contributed by atoms with Crippen LogP contribution in [-0.4, -0.2) is 16.1 Å². The number of anilines is 1. The zero-order valence-electron chi connectivity index (χ0n) is 8.72. The lowest BCUT2D eigenvalue weighted by Crippen LogP contribution is -2.11. The van der Waals surface area contributed by atoms with Gasteiger partial charge in [-0.3, -0.25) is 9.89 Å². The number of H-pyrrole nitrogens is 1. The van der Waals surface area contributed by atoms with Crippen molar-refractivity contribution in [2.45, 2.75) is 26.2 Å². The molecule has 1 rings (SSSR count). The molecule has 0 fully saturated rings. The van der Waals surface area contributed by atoms with Crippen LogP contribution in [0, 0.1) is 0 Å². The molecule has 1 amide bonds. The second kappa shape index (κ2) is 3.65. The molecule has 14 heavy (non-hydrogen) atoms. The molecule has 1 aromatic rings. The highest BCUT2D eigenvalue weighted by molar-refractivity contribution is 5.98. The molecule has 2 N–H and O–H groups in total. The molecule has 0 saturated carbocycles. The Balaban J connectivity index is 2.78. The second-order valence-corrected chi connectivity index (χ2v) is 4.11. The molecule has 0 bridgehead atoms. The van der Waals surface area contributed by atoms with E-state index in [1.165, 1.54) is 6.08 Å². The lowest BCUT2D eigenvalue weighted by molar-refractivity contribution is -0.111. The van der Waals surface area contributed by atoms with Gasteiger partial charge in [-0.15, -0.1) is 0 Å². The number of amides is 1. The van der Waals surface area contributed by atoms with Crippen molar-refractivity contribution in [3.05, 3.63) is 24.4 Å². The van der Waals surface area contributed by atoms with Crippen LogP contribution in [0.15, 0.2) is 18.7 Å². The summed E-state index contributed by atoms with van der Waals surface area (Å²) in [5.41, 5.74) is 0.987. The molecular formula is C10H15N3O. The number of aromatic amines is 1. The molecule has 0 radical (unpaired) electrons. The van der Waals surface area contributed by atoms with Crippen LogP contribution >= 0.6 is 0 Å². The van der Waals surface area contributed by atoms with Gasteiger partial charge < -0.3 is 5.32 Å². The van der Waals surface area contributed by atoms with Crippen LogP contribution in [0.4, 0.5) is 5.82 Å². The molecule has 0 aromatic carbocycles. The van der Waals surface area contributed by atoms with E-state index in [0.29, 0.717) is 5.82 Å². The summed E-state index contributed by atoms with van der Waals surface area (Å²) in [7, 11) is 0. The Morgan fingerprint density at radius 1 is 1.64 bits per heavy atom. The Morgan fingerprint density at radius 2 is 2.29 bits per heavy atom. The molecule has 0 unspecified atom stereocenters. The fraction of sp³-hybridized carbons (Fsp3) is 0.400. The molecule has 0 saturated heterocycles. The Kier molecular flexibility index (Phi) is 2.74. The number of aromatic nitrogens is 2. The standard InChI is InChI=1S/C10H15N3O/c1-5-9(14)11-8-6-7(12-13-8)10(2,3)4/h5-6H,1H2,2-4H3,(H2,11,12,13,14). The molecule has 0 atom stereocenters. The van der Waals surface area contributed by atoms with Gasteiger partial charge in [-0.1, -0.05) is 27.4 Å². The molecule has 1 aromatic heterocycles. The SMILES string of the molecule is C=CC(=O)Nc1cc(C(C)(C)C)[nH]n1. The van der Waals surface area contributed by atoms with Crippen molar-refractivity contribution in [1.29, 1.82) is 0 Å². The maximum Gasteiger partial charge on any atom is 0.248 e. The van der Waals surface area contributed by atoms with E-state index in [0.717, 1.165) is 5.69 Å². The van der Waals surface area contributed by atoms with Crippen LogP contribution in [0.1, 0.15) is 26.5 Å². The van der Waals surface area contributed by atoms with E-state index in [4.69, 9.17) is 0 Å². The summed E-state index contributed by atoms with van der Waals surface area (Å²) in [5, 5.41) is 9.43. The second-order valence-electron chi connectivity index (χ2n) is 4.11. The first-order valence-electron chi connectivity index (χ1n) is 4.43. The van der Waals surface area contributed by atoms with Gasteiger partial charge in [0.1, 0.15) is 0 Å². The maximum atomic E-state index is 11.0. The summed E-state index contributed by atoms with van der Waals surface area (Å²) in [6, 6.07) is 1.82. The van der Waals surface area contributed by atoms with Crippen molar-refractivity contribution >= 4 is 11.7 Å². The predicted octanol–water partition coefficient (Wildman–Crippen LogP) is 1.83. The van der Waals surface area contributed by atoms with E-state index in [1.54, 1.807) is 0 Å². The number of hydrogen-bond acceptors (Lipinski definition) is 2. The highest BCUT2D eigenvalue weighted by Gasteiger charge is 2.16. The number of nitrogens with one attached hydrogen (secondary N) is 2. The fourth-order valence-electron chi connectivity index (χ4n) is 0.947. The topological polar surface area (TPSA) is 57.8 Å². The van der Waals surface area contributed by atoms with Crippen molar-refractivity contribution in [3.8, 4) is 0 Å². The predicted molar refractivity (Wildman–Crippen MR) is 56.1 cm³/mol. The van der Waals surface area contributed by atoms with Gasteiger partial charge in [0.05, 0.1) is 0 Å². The van der Waals surface area contributed by atoms with E-state index in [-0.39, 0.29) is 11.3 Å².